The number of aromatic amines is 1. The number of nitrogens with zero attached hydrogens (tertiary/aromatic N) is 3. The molecule has 29 heavy (non-hydrogen) atoms. The van der Waals surface area contributed by atoms with Crippen LogP contribution in [0.15, 0.2) is 42.5 Å². The normalized spacial score (nSPS) is 13.1. The first kappa shape index (κ1) is 18.1. The first-order valence-electron chi connectivity index (χ1n) is 9.77. The van der Waals surface area contributed by atoms with E-state index in [1.165, 1.54) is 12.1 Å². The monoisotopic (exact) mass is 408 g/mol. The maximum absolute atomic E-state index is 13.9. The molecule has 1 aliphatic rings. The van der Waals surface area contributed by atoms with Crippen LogP contribution < -0.4 is 10.00 Å². The molecule has 0 spiro atoms. The van der Waals surface area contributed by atoms with Crippen molar-refractivity contribution < 1.29 is 9.07 Å². The lowest BCUT2D eigenvalue weighted by molar-refractivity contribution is -0.722. The van der Waals surface area contributed by atoms with Gasteiger partial charge in [-0.3, -0.25) is 0 Å². The predicted octanol–water partition coefficient (Wildman–Crippen LogP) is 4.96. The van der Waals surface area contributed by atoms with E-state index in [-0.39, 0.29) is 5.82 Å². The van der Waals surface area contributed by atoms with Crippen LogP contribution in [-0.4, -0.2) is 15.1 Å². The maximum atomic E-state index is 13.9. The third-order valence-electron chi connectivity index (χ3n) is 5.37. The molecule has 0 fully saturated rings. The van der Waals surface area contributed by atoms with Crippen molar-refractivity contribution in [2.45, 2.75) is 32.7 Å². The van der Waals surface area contributed by atoms with Gasteiger partial charge < -0.3 is 5.32 Å². The number of H-pyrrole nitrogens is 1. The summed E-state index contributed by atoms with van der Waals surface area (Å²) >= 11 is 6.39. The average Bonchev–Trinajstić information content (AvgIpc) is 3.33. The van der Waals surface area contributed by atoms with Gasteiger partial charge in [-0.05, 0) is 50.5 Å². The molecule has 2 N–H and O–H groups in total. The molecule has 2 aromatic carbocycles. The minimum Gasteiger partial charge on any atom is -0.321 e. The van der Waals surface area contributed by atoms with Crippen LogP contribution in [0.3, 0.4) is 0 Å². The molecule has 0 unspecified atom stereocenters. The number of benzene rings is 2. The molecule has 0 aliphatic heterocycles. The molecule has 2 heterocycles. The molecule has 0 bridgehead atoms. The second-order valence-electron chi connectivity index (χ2n) is 7.17. The number of hydrogen-bond acceptors (Lipinski definition) is 3. The molecule has 5 rings (SSSR count). The molecule has 0 saturated carbocycles. The van der Waals surface area contributed by atoms with Crippen LogP contribution in [0.1, 0.15) is 24.6 Å². The quantitative estimate of drug-likeness (QED) is 0.469. The maximum Gasteiger partial charge on any atom is 0.240 e. The lowest BCUT2D eigenvalue weighted by Gasteiger charge is -2.11. The molecule has 0 atom stereocenters. The highest BCUT2D eigenvalue weighted by atomic mass is 35.5. The van der Waals surface area contributed by atoms with Gasteiger partial charge in [0.1, 0.15) is 11.6 Å². The summed E-state index contributed by atoms with van der Waals surface area (Å²) in [5, 5.41) is 8.16. The summed E-state index contributed by atoms with van der Waals surface area (Å²) in [5.41, 5.74) is 3.90. The van der Waals surface area contributed by atoms with Crippen molar-refractivity contribution in [3.05, 3.63) is 64.6 Å². The van der Waals surface area contributed by atoms with Gasteiger partial charge in [0.25, 0.3) is 0 Å². The van der Waals surface area contributed by atoms with E-state index in [0.29, 0.717) is 10.8 Å². The van der Waals surface area contributed by atoms with Crippen LogP contribution in [0.25, 0.3) is 22.3 Å². The first-order valence-corrected chi connectivity index (χ1v) is 10.1. The molecule has 4 aromatic rings. The summed E-state index contributed by atoms with van der Waals surface area (Å²) in [6.45, 7) is 2.79. The van der Waals surface area contributed by atoms with Crippen LogP contribution in [0.2, 0.25) is 5.02 Å². The van der Waals surface area contributed by atoms with Crippen molar-refractivity contribution in [2.24, 2.45) is 0 Å². The standard InChI is InChI=1S/C22H19ClFN5/c1-2-29-19-11-10-13(24)12-16(19)22(28-29)27-21-15-7-5-9-18(15)25-20(26-21)14-6-3-4-8-17(14)23/h3-4,6,8,10-12H,2,5,7,9H2,1H3,(H,25,26,27,28)/p+1. The van der Waals surface area contributed by atoms with Crippen LogP contribution in [-0.2, 0) is 19.4 Å². The highest BCUT2D eigenvalue weighted by molar-refractivity contribution is 6.33. The molecule has 146 valence electrons. The number of rotatable bonds is 4. The fourth-order valence-electron chi connectivity index (χ4n) is 3.96. The van der Waals surface area contributed by atoms with Crippen molar-refractivity contribution in [1.29, 1.82) is 0 Å². The molecule has 0 radical (unpaired) electrons. The highest BCUT2D eigenvalue weighted by Crippen LogP contribution is 2.34. The van der Waals surface area contributed by atoms with Gasteiger partial charge in [-0.15, -0.1) is 9.78 Å². The summed E-state index contributed by atoms with van der Waals surface area (Å²) in [4.78, 5) is 9.58. The highest BCUT2D eigenvalue weighted by Gasteiger charge is 2.23. The summed E-state index contributed by atoms with van der Waals surface area (Å²) in [5.74, 6) is 1.80. The Hall–Kier alpha value is -2.99. The van der Waals surface area contributed by atoms with E-state index in [4.69, 9.17) is 21.6 Å². The van der Waals surface area contributed by atoms with Gasteiger partial charge in [-0.25, -0.2) is 14.4 Å². The topological polar surface area (TPSA) is 57.5 Å². The van der Waals surface area contributed by atoms with Crippen molar-refractivity contribution in [3.8, 4) is 11.4 Å². The number of hydrogen-bond donors (Lipinski definition) is 2. The van der Waals surface area contributed by atoms with Gasteiger partial charge in [-0.1, -0.05) is 23.7 Å². The Labute approximate surface area is 172 Å². The zero-order valence-electron chi connectivity index (χ0n) is 16.0. The van der Waals surface area contributed by atoms with E-state index in [0.717, 1.165) is 65.2 Å². The average molecular weight is 409 g/mol. The van der Waals surface area contributed by atoms with Crippen LogP contribution in [0.5, 0.6) is 0 Å². The van der Waals surface area contributed by atoms with E-state index in [1.807, 2.05) is 35.9 Å². The van der Waals surface area contributed by atoms with Crippen molar-refractivity contribution >= 4 is 34.1 Å². The second-order valence-corrected chi connectivity index (χ2v) is 7.58. The number of halogens is 2. The lowest BCUT2D eigenvalue weighted by Crippen LogP contribution is -2.34. The van der Waals surface area contributed by atoms with Crippen LogP contribution in [0.4, 0.5) is 16.0 Å². The summed E-state index contributed by atoms with van der Waals surface area (Å²) in [7, 11) is 0. The van der Waals surface area contributed by atoms with E-state index < -0.39 is 0 Å². The predicted molar refractivity (Wildman–Crippen MR) is 112 cm³/mol. The van der Waals surface area contributed by atoms with E-state index in [1.54, 1.807) is 6.07 Å². The van der Waals surface area contributed by atoms with Gasteiger partial charge in [-0.2, -0.15) is 0 Å². The third-order valence-corrected chi connectivity index (χ3v) is 5.70. The number of fused-ring (bicyclic) bond motifs is 2. The van der Waals surface area contributed by atoms with Gasteiger partial charge in [0.05, 0.1) is 10.4 Å². The molecule has 2 aromatic heterocycles. The summed E-state index contributed by atoms with van der Waals surface area (Å²) in [6, 6.07) is 12.4. The van der Waals surface area contributed by atoms with Crippen molar-refractivity contribution in [2.75, 3.05) is 5.32 Å². The van der Waals surface area contributed by atoms with E-state index in [2.05, 4.69) is 10.4 Å². The number of aromatic nitrogens is 4. The smallest absolute Gasteiger partial charge is 0.240 e. The number of aryl methyl sites for hydroxylation is 2. The van der Waals surface area contributed by atoms with E-state index in [9.17, 15) is 4.39 Å². The SMILES string of the molecule is CC[n+]1[nH]c(Nc2nc(-c3ccccc3Cl)nc3c2CCC3)c2cc(F)ccc21. The Balaban J connectivity index is 1.65. The molecule has 0 amide bonds. The minimum atomic E-state index is -0.271. The Kier molecular flexibility index (Phi) is 4.43. The lowest BCUT2D eigenvalue weighted by atomic mass is 10.1. The molecule has 1 aliphatic carbocycles. The van der Waals surface area contributed by atoms with Gasteiger partial charge >= 0.3 is 0 Å². The Morgan fingerprint density at radius 1 is 1.17 bits per heavy atom. The van der Waals surface area contributed by atoms with Gasteiger partial charge in [0.2, 0.25) is 5.52 Å². The summed E-state index contributed by atoms with van der Waals surface area (Å²) in [6.07, 6.45) is 2.88. The summed E-state index contributed by atoms with van der Waals surface area (Å²) < 4.78 is 15.9. The zero-order chi connectivity index (χ0) is 20.0. The largest absolute Gasteiger partial charge is 0.321 e. The molecular formula is C22H20ClFN5+. The first-order chi connectivity index (χ1) is 14.1. The van der Waals surface area contributed by atoms with Gasteiger partial charge in [0.15, 0.2) is 18.2 Å². The van der Waals surface area contributed by atoms with Crippen molar-refractivity contribution in [1.82, 2.24) is 15.1 Å². The molecular weight excluding hydrogens is 389 g/mol. The number of anilines is 2. The minimum absolute atomic E-state index is 0.271. The molecule has 7 heteroatoms. The Morgan fingerprint density at radius 2 is 2.03 bits per heavy atom. The van der Waals surface area contributed by atoms with Crippen LogP contribution >= 0.6 is 11.6 Å². The van der Waals surface area contributed by atoms with Crippen LogP contribution in [0, 0.1) is 5.82 Å². The third kappa shape index (κ3) is 3.13. The fraction of sp³-hybridized carbons (Fsp3) is 0.227. The molecule has 0 saturated heterocycles. The second kappa shape index (κ2) is 7.12. The van der Waals surface area contributed by atoms with Crippen molar-refractivity contribution in [3.63, 3.8) is 0 Å². The Morgan fingerprint density at radius 3 is 2.86 bits per heavy atom. The molecule has 5 nitrogen and oxygen atoms in total. The van der Waals surface area contributed by atoms with Gasteiger partial charge in [0, 0.05) is 22.9 Å². The zero-order valence-corrected chi connectivity index (χ0v) is 16.7. The Bertz CT molecular complexity index is 1230. The number of nitrogens with one attached hydrogen (secondary N) is 2. The fourth-order valence-corrected chi connectivity index (χ4v) is 4.18. The van der Waals surface area contributed by atoms with E-state index >= 15 is 0 Å².